The molecule has 3 aromatic heterocycles. The van der Waals surface area contributed by atoms with Crippen molar-refractivity contribution in [3.8, 4) is 0 Å². The van der Waals surface area contributed by atoms with E-state index < -0.39 is 0 Å². The Morgan fingerprint density at radius 2 is 1.88 bits per heavy atom. The van der Waals surface area contributed by atoms with Gasteiger partial charge in [0.25, 0.3) is 0 Å². The third-order valence-electron chi connectivity index (χ3n) is 4.17. The molecule has 0 radical (unpaired) electrons. The Morgan fingerprint density at radius 1 is 0.960 bits per heavy atom. The Hall–Kier alpha value is -3.16. The van der Waals surface area contributed by atoms with E-state index in [-0.39, 0.29) is 0 Å². The maximum Gasteiger partial charge on any atom is 0.228 e. The Kier molecular flexibility index (Phi) is 4.40. The van der Waals surface area contributed by atoms with Crippen LogP contribution in [0.25, 0.3) is 0 Å². The second-order valence-electron chi connectivity index (χ2n) is 5.88. The summed E-state index contributed by atoms with van der Waals surface area (Å²) in [6.45, 7) is 1.84. The van der Waals surface area contributed by atoms with Gasteiger partial charge in [-0.1, -0.05) is 0 Å². The van der Waals surface area contributed by atoms with E-state index in [0.717, 1.165) is 37.4 Å². The summed E-state index contributed by atoms with van der Waals surface area (Å²) in [5.74, 6) is 2.38. The fourth-order valence-electron chi connectivity index (χ4n) is 3.00. The molecule has 3 aromatic rings. The van der Waals surface area contributed by atoms with Crippen LogP contribution in [0.15, 0.2) is 49.4 Å². The first-order valence-electron chi connectivity index (χ1n) is 8.25. The van der Waals surface area contributed by atoms with Crippen LogP contribution >= 0.6 is 0 Å². The summed E-state index contributed by atoms with van der Waals surface area (Å²) in [4.78, 5) is 28.2. The molecule has 25 heavy (non-hydrogen) atoms. The molecule has 8 heteroatoms. The van der Waals surface area contributed by atoms with Gasteiger partial charge in [0, 0.05) is 50.0 Å². The predicted octanol–water partition coefficient (Wildman–Crippen LogP) is 2.18. The molecule has 0 amide bonds. The standard InChI is InChI=1S/C17H18N8/c1-3-13(12-25(8-1)16-11-18-6-7-20-16)14-9-19-10-15(23-14)24-17-21-4-2-5-22-17/h2,4-7,9-11,13H,1,3,8,12H2,(H,21,22,23,24)/t13-/m0/s1. The largest absolute Gasteiger partial charge is 0.355 e. The summed E-state index contributed by atoms with van der Waals surface area (Å²) < 4.78 is 0. The number of piperidine rings is 1. The fourth-order valence-corrected chi connectivity index (χ4v) is 3.00. The summed E-state index contributed by atoms with van der Waals surface area (Å²) in [6.07, 6.45) is 14.3. The predicted molar refractivity (Wildman–Crippen MR) is 93.6 cm³/mol. The van der Waals surface area contributed by atoms with Gasteiger partial charge in [-0.05, 0) is 18.9 Å². The maximum absolute atomic E-state index is 4.70. The molecule has 1 atom stereocenters. The minimum atomic E-state index is 0.307. The monoisotopic (exact) mass is 334 g/mol. The molecule has 0 spiro atoms. The van der Waals surface area contributed by atoms with E-state index in [9.17, 15) is 0 Å². The van der Waals surface area contributed by atoms with Crippen molar-refractivity contribution < 1.29 is 0 Å². The molecule has 1 aliphatic heterocycles. The molecule has 0 aromatic carbocycles. The lowest BCUT2D eigenvalue weighted by atomic mass is 9.95. The van der Waals surface area contributed by atoms with Crippen LogP contribution in [0.1, 0.15) is 24.5 Å². The second-order valence-corrected chi connectivity index (χ2v) is 5.88. The van der Waals surface area contributed by atoms with Crippen molar-refractivity contribution in [2.45, 2.75) is 18.8 Å². The van der Waals surface area contributed by atoms with Crippen molar-refractivity contribution in [3.63, 3.8) is 0 Å². The Balaban J connectivity index is 1.50. The maximum atomic E-state index is 4.70. The highest BCUT2D eigenvalue weighted by molar-refractivity contribution is 5.46. The summed E-state index contributed by atoms with van der Waals surface area (Å²) >= 11 is 0. The van der Waals surface area contributed by atoms with Crippen LogP contribution in [-0.4, -0.2) is 43.0 Å². The topological polar surface area (TPSA) is 92.6 Å². The van der Waals surface area contributed by atoms with Crippen molar-refractivity contribution in [2.75, 3.05) is 23.3 Å². The molecular formula is C17H18N8. The van der Waals surface area contributed by atoms with Gasteiger partial charge in [0.05, 0.1) is 18.1 Å². The smallest absolute Gasteiger partial charge is 0.228 e. The van der Waals surface area contributed by atoms with E-state index >= 15 is 0 Å². The van der Waals surface area contributed by atoms with Gasteiger partial charge in [-0.15, -0.1) is 0 Å². The van der Waals surface area contributed by atoms with Gasteiger partial charge in [0.15, 0.2) is 5.82 Å². The lowest BCUT2D eigenvalue weighted by molar-refractivity contribution is 0.497. The molecule has 0 unspecified atom stereocenters. The Morgan fingerprint density at radius 3 is 2.72 bits per heavy atom. The van der Waals surface area contributed by atoms with Crippen molar-refractivity contribution in [3.05, 3.63) is 55.1 Å². The summed E-state index contributed by atoms with van der Waals surface area (Å²) in [5.41, 5.74) is 0.967. The second kappa shape index (κ2) is 7.16. The number of hydrogen-bond acceptors (Lipinski definition) is 8. The molecule has 0 aliphatic carbocycles. The van der Waals surface area contributed by atoms with Gasteiger partial charge in [0.1, 0.15) is 5.82 Å². The minimum absolute atomic E-state index is 0.307. The van der Waals surface area contributed by atoms with Crippen LogP contribution in [0.3, 0.4) is 0 Å². The van der Waals surface area contributed by atoms with Crippen LogP contribution in [0.4, 0.5) is 17.6 Å². The summed E-state index contributed by atoms with van der Waals surface area (Å²) in [6, 6.07) is 1.77. The fraction of sp³-hybridized carbons (Fsp3) is 0.294. The third kappa shape index (κ3) is 3.68. The van der Waals surface area contributed by atoms with E-state index in [4.69, 9.17) is 4.98 Å². The summed E-state index contributed by atoms with van der Waals surface area (Å²) in [7, 11) is 0. The number of nitrogens with one attached hydrogen (secondary N) is 1. The summed E-state index contributed by atoms with van der Waals surface area (Å²) in [5, 5.41) is 3.09. The lowest BCUT2D eigenvalue weighted by Crippen LogP contribution is -2.35. The molecule has 0 saturated carbocycles. The van der Waals surface area contributed by atoms with E-state index in [1.807, 2.05) is 6.20 Å². The average molecular weight is 334 g/mol. The third-order valence-corrected chi connectivity index (χ3v) is 4.17. The molecule has 1 fully saturated rings. The number of hydrogen-bond donors (Lipinski definition) is 1. The highest BCUT2D eigenvalue weighted by Gasteiger charge is 2.24. The Bertz CT molecular complexity index is 811. The van der Waals surface area contributed by atoms with Crippen molar-refractivity contribution >= 4 is 17.6 Å². The first kappa shape index (κ1) is 15.4. The van der Waals surface area contributed by atoms with E-state index in [1.165, 1.54) is 0 Å². The SMILES string of the molecule is c1cnc(Nc2cncc([C@H]3CCCN(c4cnccn4)C3)n2)nc1. The van der Waals surface area contributed by atoms with E-state index in [0.29, 0.717) is 17.7 Å². The van der Waals surface area contributed by atoms with Crippen LogP contribution in [-0.2, 0) is 0 Å². The normalized spacial score (nSPS) is 17.3. The molecule has 1 saturated heterocycles. The zero-order valence-corrected chi connectivity index (χ0v) is 13.7. The molecule has 126 valence electrons. The van der Waals surface area contributed by atoms with Crippen molar-refractivity contribution in [1.82, 2.24) is 29.9 Å². The number of aromatic nitrogens is 6. The van der Waals surface area contributed by atoms with Crippen LogP contribution in [0.5, 0.6) is 0 Å². The van der Waals surface area contributed by atoms with Gasteiger partial charge in [-0.3, -0.25) is 9.97 Å². The van der Waals surface area contributed by atoms with E-state index in [1.54, 1.807) is 43.2 Å². The van der Waals surface area contributed by atoms with Crippen LogP contribution in [0, 0.1) is 0 Å². The first-order chi connectivity index (χ1) is 12.4. The highest BCUT2D eigenvalue weighted by atomic mass is 15.2. The number of anilines is 3. The lowest BCUT2D eigenvalue weighted by Gasteiger charge is -2.33. The van der Waals surface area contributed by atoms with Gasteiger partial charge in [0.2, 0.25) is 5.95 Å². The molecule has 1 aliphatic rings. The molecule has 4 rings (SSSR count). The molecule has 1 N–H and O–H groups in total. The van der Waals surface area contributed by atoms with Gasteiger partial charge >= 0.3 is 0 Å². The average Bonchev–Trinajstić information content (AvgIpc) is 2.70. The zero-order chi connectivity index (χ0) is 16.9. The first-order valence-corrected chi connectivity index (χ1v) is 8.25. The van der Waals surface area contributed by atoms with Gasteiger partial charge < -0.3 is 10.2 Å². The molecule has 8 nitrogen and oxygen atoms in total. The van der Waals surface area contributed by atoms with Gasteiger partial charge in [-0.2, -0.15) is 0 Å². The van der Waals surface area contributed by atoms with Crippen molar-refractivity contribution in [1.29, 1.82) is 0 Å². The number of rotatable bonds is 4. The Labute approximate surface area is 145 Å². The molecule has 4 heterocycles. The molecule has 0 bridgehead atoms. The number of nitrogens with zero attached hydrogens (tertiary/aromatic N) is 7. The van der Waals surface area contributed by atoms with Crippen LogP contribution in [0.2, 0.25) is 0 Å². The highest BCUT2D eigenvalue weighted by Crippen LogP contribution is 2.28. The van der Waals surface area contributed by atoms with Crippen molar-refractivity contribution in [2.24, 2.45) is 0 Å². The minimum Gasteiger partial charge on any atom is -0.355 e. The molecular weight excluding hydrogens is 316 g/mol. The quantitative estimate of drug-likeness (QED) is 0.776. The van der Waals surface area contributed by atoms with E-state index in [2.05, 4.69) is 35.1 Å². The zero-order valence-electron chi connectivity index (χ0n) is 13.7. The van der Waals surface area contributed by atoms with Gasteiger partial charge in [-0.25, -0.2) is 19.9 Å². The van der Waals surface area contributed by atoms with Crippen LogP contribution < -0.4 is 10.2 Å².